The molecule has 0 saturated carbocycles. The van der Waals surface area contributed by atoms with Gasteiger partial charge in [0.25, 0.3) is 22.0 Å². The number of aromatic nitrogens is 2. The lowest BCUT2D eigenvalue weighted by Gasteiger charge is -2.11. The molecule has 0 aliphatic carbocycles. The molecule has 2 aromatic carbocycles. The molecule has 0 atom stereocenters. The zero-order valence-electron chi connectivity index (χ0n) is 13.5. The standard InChI is InChI=1S/C16H13F2N3O5S/c17-13(18)8-26-9-4-6-10(7-5-9)27(24,25)21-12-3-1-2-11-14(12)15(22)20-16(23)19-11/h1-7,13,21H,8H2,(H2,19,20,22,23). The molecule has 0 unspecified atom stereocenters. The topological polar surface area (TPSA) is 121 Å². The molecule has 11 heteroatoms. The summed E-state index contributed by atoms with van der Waals surface area (Å²) in [6, 6.07) is 9.14. The van der Waals surface area contributed by atoms with Crippen LogP contribution in [0.1, 0.15) is 0 Å². The van der Waals surface area contributed by atoms with Crippen LogP contribution in [0.5, 0.6) is 5.75 Å². The highest BCUT2D eigenvalue weighted by Gasteiger charge is 2.17. The molecular formula is C16H13F2N3O5S. The average molecular weight is 397 g/mol. The lowest BCUT2D eigenvalue weighted by atomic mass is 10.2. The molecule has 1 heterocycles. The molecule has 27 heavy (non-hydrogen) atoms. The minimum absolute atomic E-state index is 0.0250. The minimum Gasteiger partial charge on any atom is -0.488 e. The highest BCUT2D eigenvalue weighted by Crippen LogP contribution is 2.23. The van der Waals surface area contributed by atoms with Crippen LogP contribution in [0.4, 0.5) is 14.5 Å². The van der Waals surface area contributed by atoms with Gasteiger partial charge >= 0.3 is 5.69 Å². The van der Waals surface area contributed by atoms with Crippen molar-refractivity contribution in [3.05, 3.63) is 63.3 Å². The summed E-state index contributed by atoms with van der Waals surface area (Å²) in [7, 11) is -4.08. The summed E-state index contributed by atoms with van der Waals surface area (Å²) in [4.78, 5) is 27.6. The molecule has 3 aromatic rings. The highest BCUT2D eigenvalue weighted by atomic mass is 32.2. The lowest BCUT2D eigenvalue weighted by Crippen LogP contribution is -2.23. The van der Waals surface area contributed by atoms with Crippen molar-refractivity contribution in [2.24, 2.45) is 0 Å². The maximum absolute atomic E-state index is 12.5. The Hall–Kier alpha value is -3.21. The molecule has 0 spiro atoms. The number of halogens is 2. The number of hydrogen-bond donors (Lipinski definition) is 3. The van der Waals surface area contributed by atoms with E-state index in [4.69, 9.17) is 4.74 Å². The fraction of sp³-hybridized carbons (Fsp3) is 0.125. The molecule has 0 bridgehead atoms. The van der Waals surface area contributed by atoms with Crippen LogP contribution in [0.2, 0.25) is 0 Å². The third-order valence-electron chi connectivity index (χ3n) is 3.52. The van der Waals surface area contributed by atoms with Crippen molar-refractivity contribution in [1.82, 2.24) is 9.97 Å². The number of ether oxygens (including phenoxy) is 1. The number of hydrogen-bond acceptors (Lipinski definition) is 5. The van der Waals surface area contributed by atoms with E-state index in [9.17, 15) is 26.8 Å². The van der Waals surface area contributed by atoms with Gasteiger partial charge in [0.05, 0.1) is 21.5 Å². The Morgan fingerprint density at radius 2 is 1.74 bits per heavy atom. The molecule has 3 rings (SSSR count). The molecule has 0 radical (unpaired) electrons. The number of aromatic amines is 2. The summed E-state index contributed by atoms with van der Waals surface area (Å²) in [5.74, 6) is 0.0911. The number of sulfonamides is 1. The largest absolute Gasteiger partial charge is 0.488 e. The fourth-order valence-electron chi connectivity index (χ4n) is 2.38. The smallest absolute Gasteiger partial charge is 0.326 e. The van der Waals surface area contributed by atoms with Gasteiger partial charge in [-0.05, 0) is 36.4 Å². The Kier molecular flexibility index (Phi) is 4.95. The molecule has 142 valence electrons. The van der Waals surface area contributed by atoms with Crippen molar-refractivity contribution in [3.8, 4) is 5.75 Å². The van der Waals surface area contributed by atoms with Gasteiger partial charge in [0.15, 0.2) is 0 Å². The van der Waals surface area contributed by atoms with Crippen molar-refractivity contribution in [2.75, 3.05) is 11.3 Å². The Morgan fingerprint density at radius 3 is 2.41 bits per heavy atom. The van der Waals surface area contributed by atoms with E-state index in [0.29, 0.717) is 0 Å². The molecule has 0 fully saturated rings. The SMILES string of the molecule is O=c1[nH]c(=O)c2c(NS(=O)(=O)c3ccc(OCC(F)F)cc3)cccc2[nH]1. The molecule has 1 aromatic heterocycles. The predicted molar refractivity (Wildman–Crippen MR) is 93.9 cm³/mol. The summed E-state index contributed by atoms with van der Waals surface area (Å²) < 4.78 is 56.4. The van der Waals surface area contributed by atoms with Crippen molar-refractivity contribution in [1.29, 1.82) is 0 Å². The van der Waals surface area contributed by atoms with Gasteiger partial charge in [-0.1, -0.05) is 6.07 Å². The van der Waals surface area contributed by atoms with E-state index >= 15 is 0 Å². The lowest BCUT2D eigenvalue weighted by molar-refractivity contribution is 0.0819. The normalized spacial score (nSPS) is 11.7. The van der Waals surface area contributed by atoms with E-state index in [-0.39, 0.29) is 27.2 Å². The first-order chi connectivity index (χ1) is 12.8. The Morgan fingerprint density at radius 1 is 1.04 bits per heavy atom. The van der Waals surface area contributed by atoms with Gasteiger partial charge < -0.3 is 9.72 Å². The van der Waals surface area contributed by atoms with E-state index in [2.05, 4.69) is 9.71 Å². The van der Waals surface area contributed by atoms with Crippen LogP contribution >= 0.6 is 0 Å². The zero-order chi connectivity index (χ0) is 19.6. The molecule has 0 aliphatic heterocycles. The predicted octanol–water partition coefficient (Wildman–Crippen LogP) is 1.66. The number of anilines is 1. The monoisotopic (exact) mass is 397 g/mol. The summed E-state index contributed by atoms with van der Waals surface area (Å²) in [5.41, 5.74) is -1.32. The Labute approximate surface area is 150 Å². The number of alkyl halides is 2. The van der Waals surface area contributed by atoms with E-state index in [0.717, 1.165) is 0 Å². The van der Waals surface area contributed by atoms with Gasteiger partial charge in [-0.3, -0.25) is 14.5 Å². The first-order valence-electron chi connectivity index (χ1n) is 7.55. The van der Waals surface area contributed by atoms with Gasteiger partial charge in [-0.25, -0.2) is 22.0 Å². The molecule has 0 amide bonds. The highest BCUT2D eigenvalue weighted by molar-refractivity contribution is 7.92. The van der Waals surface area contributed by atoms with Crippen molar-refractivity contribution in [2.45, 2.75) is 11.3 Å². The third kappa shape index (κ3) is 4.14. The van der Waals surface area contributed by atoms with Crippen molar-refractivity contribution < 1.29 is 21.9 Å². The van der Waals surface area contributed by atoms with E-state index in [1.165, 1.54) is 42.5 Å². The van der Waals surface area contributed by atoms with Crippen molar-refractivity contribution >= 4 is 26.6 Å². The van der Waals surface area contributed by atoms with Crippen LogP contribution in [-0.2, 0) is 10.0 Å². The Bertz CT molecular complexity index is 1190. The average Bonchev–Trinajstić information content (AvgIpc) is 2.59. The number of H-pyrrole nitrogens is 2. The van der Waals surface area contributed by atoms with Crippen LogP contribution in [0, 0.1) is 0 Å². The second kappa shape index (κ2) is 7.19. The zero-order valence-corrected chi connectivity index (χ0v) is 14.3. The quantitative estimate of drug-likeness (QED) is 0.584. The van der Waals surface area contributed by atoms with Crippen LogP contribution in [0.3, 0.4) is 0 Å². The summed E-state index contributed by atoms with van der Waals surface area (Å²) in [6.45, 7) is -0.804. The van der Waals surface area contributed by atoms with E-state index < -0.39 is 34.3 Å². The molecule has 8 nitrogen and oxygen atoms in total. The van der Waals surface area contributed by atoms with E-state index in [1.54, 1.807) is 0 Å². The summed E-state index contributed by atoms with van der Waals surface area (Å²) in [5, 5.41) is -0.0300. The van der Waals surface area contributed by atoms with Gasteiger partial charge in [0.2, 0.25) is 0 Å². The third-order valence-corrected chi connectivity index (χ3v) is 4.90. The maximum Gasteiger partial charge on any atom is 0.326 e. The first kappa shape index (κ1) is 18.6. The first-order valence-corrected chi connectivity index (χ1v) is 9.04. The molecule has 0 saturated heterocycles. The number of nitrogens with one attached hydrogen (secondary N) is 3. The fourth-order valence-corrected chi connectivity index (χ4v) is 3.46. The van der Waals surface area contributed by atoms with Gasteiger partial charge in [0, 0.05) is 0 Å². The summed E-state index contributed by atoms with van der Waals surface area (Å²) >= 11 is 0. The van der Waals surface area contributed by atoms with Crippen LogP contribution in [-0.4, -0.2) is 31.4 Å². The van der Waals surface area contributed by atoms with Crippen LogP contribution < -0.4 is 20.7 Å². The maximum atomic E-state index is 12.5. The number of rotatable bonds is 6. The van der Waals surface area contributed by atoms with Gasteiger partial charge in [-0.15, -0.1) is 0 Å². The van der Waals surface area contributed by atoms with Gasteiger partial charge in [0.1, 0.15) is 12.4 Å². The molecular weight excluding hydrogens is 384 g/mol. The van der Waals surface area contributed by atoms with Crippen molar-refractivity contribution in [3.63, 3.8) is 0 Å². The van der Waals surface area contributed by atoms with Crippen LogP contribution in [0.15, 0.2) is 56.9 Å². The Balaban J connectivity index is 1.92. The second-order valence-electron chi connectivity index (χ2n) is 5.42. The molecule has 0 aliphatic rings. The summed E-state index contributed by atoms with van der Waals surface area (Å²) in [6.07, 6.45) is -2.65. The number of benzene rings is 2. The van der Waals surface area contributed by atoms with Crippen LogP contribution in [0.25, 0.3) is 10.9 Å². The molecule has 3 N–H and O–H groups in total. The van der Waals surface area contributed by atoms with E-state index in [1.807, 2.05) is 4.98 Å². The minimum atomic E-state index is -4.08. The second-order valence-corrected chi connectivity index (χ2v) is 7.10. The number of fused-ring (bicyclic) bond motifs is 1. The van der Waals surface area contributed by atoms with Gasteiger partial charge in [-0.2, -0.15) is 0 Å².